The van der Waals surface area contributed by atoms with Crippen LogP contribution in [0.1, 0.15) is 0 Å². The first-order valence-corrected chi connectivity index (χ1v) is 11.7. The van der Waals surface area contributed by atoms with Crippen LogP contribution in [0.25, 0.3) is 0 Å². The molecule has 0 heterocycles. The molecule has 0 spiro atoms. The summed E-state index contributed by atoms with van der Waals surface area (Å²) >= 11 is 0. The summed E-state index contributed by atoms with van der Waals surface area (Å²) in [5.41, 5.74) is -0.0567. The highest BCUT2D eigenvalue weighted by atomic mass is 32.2. The monoisotopic (exact) mass is 482 g/mol. The molecule has 0 bridgehead atoms. The Morgan fingerprint density at radius 2 is 1.12 bits per heavy atom. The molecule has 0 unspecified atom stereocenters. The number of methoxy groups -OCH3 is 2. The van der Waals surface area contributed by atoms with Crippen molar-refractivity contribution in [2.75, 3.05) is 27.3 Å². The molecule has 32 heavy (non-hydrogen) atoms. The molecule has 2 rings (SSSR count). The van der Waals surface area contributed by atoms with Crippen LogP contribution in [0.2, 0.25) is 0 Å². The molecule has 0 amide bonds. The maximum atomic E-state index is 12.4. The third-order valence-electron chi connectivity index (χ3n) is 3.96. The zero-order valence-electron chi connectivity index (χ0n) is 16.9. The summed E-state index contributed by atoms with van der Waals surface area (Å²) in [5.74, 6) is 0.357. The largest absolute Gasteiger partial charge is 0.494 e. The Balaban J connectivity index is 2.09. The van der Waals surface area contributed by atoms with Gasteiger partial charge in [-0.25, -0.2) is 35.9 Å². The lowest BCUT2D eigenvalue weighted by Crippen LogP contribution is -2.34. The summed E-state index contributed by atoms with van der Waals surface area (Å²) in [6.45, 7) is -0.565. The molecule has 0 aliphatic heterocycles. The normalized spacial score (nSPS) is 11.2. The summed E-state index contributed by atoms with van der Waals surface area (Å²) in [5, 5.41) is 0. The van der Waals surface area contributed by atoms with Crippen LogP contribution in [-0.4, -0.2) is 56.3 Å². The molecule has 2 aromatic rings. The van der Waals surface area contributed by atoms with Gasteiger partial charge in [0.05, 0.1) is 24.0 Å². The van der Waals surface area contributed by atoms with Crippen molar-refractivity contribution in [3.05, 3.63) is 36.4 Å². The highest BCUT2D eigenvalue weighted by molar-refractivity contribution is 7.90. The summed E-state index contributed by atoms with van der Waals surface area (Å²) in [6, 6.07) is 7.33. The average Bonchev–Trinajstić information content (AvgIpc) is 2.77. The van der Waals surface area contributed by atoms with Gasteiger partial charge in [0.25, 0.3) is 0 Å². The molecule has 2 N–H and O–H groups in total. The molecule has 0 radical (unpaired) electrons. The maximum Gasteiger partial charge on any atom is 0.240 e. The SMILES string of the molecule is COc1ccc(S(=O)(=O)NCCNS(=O)(=O)c2ccc(OC)c(N=C=O)c2)cc1N=C=O. The first kappa shape index (κ1) is 24.9. The second kappa shape index (κ2) is 10.8. The third kappa shape index (κ3) is 6.08. The number of hydrogen-bond acceptors (Lipinski definition) is 10. The quantitative estimate of drug-likeness (QED) is 0.270. The lowest BCUT2D eigenvalue weighted by molar-refractivity contribution is 0.415. The van der Waals surface area contributed by atoms with E-state index in [0.717, 1.165) is 12.1 Å². The van der Waals surface area contributed by atoms with E-state index in [1.165, 1.54) is 50.6 Å². The van der Waals surface area contributed by atoms with Gasteiger partial charge in [-0.3, -0.25) is 0 Å². The maximum absolute atomic E-state index is 12.4. The van der Waals surface area contributed by atoms with Crippen molar-refractivity contribution in [1.82, 2.24) is 9.44 Å². The van der Waals surface area contributed by atoms with E-state index < -0.39 is 20.0 Å². The van der Waals surface area contributed by atoms with E-state index in [4.69, 9.17) is 9.47 Å². The number of hydrogen-bond donors (Lipinski definition) is 2. The topological polar surface area (TPSA) is 170 Å². The number of nitrogens with zero attached hydrogens (tertiary/aromatic N) is 2. The van der Waals surface area contributed by atoms with Crippen LogP contribution in [0.15, 0.2) is 56.2 Å². The smallest absolute Gasteiger partial charge is 0.240 e. The number of isocyanates is 2. The standard InChI is InChI=1S/C18H18N4O8S2/c1-29-17-5-3-13(9-15(17)19-11-23)31(25,26)21-7-8-22-32(27,28)14-4-6-18(30-2)16(10-14)20-12-24/h3-6,9-10,21-22H,7-8H2,1-2H3. The van der Waals surface area contributed by atoms with E-state index in [2.05, 4.69) is 19.4 Å². The minimum atomic E-state index is -4.04. The van der Waals surface area contributed by atoms with Crippen molar-refractivity contribution in [2.45, 2.75) is 9.79 Å². The highest BCUT2D eigenvalue weighted by Gasteiger charge is 2.19. The summed E-state index contributed by atoms with van der Waals surface area (Å²) in [6.07, 6.45) is 2.62. The lowest BCUT2D eigenvalue weighted by Gasteiger charge is -2.11. The number of sulfonamides is 2. The molecular weight excluding hydrogens is 464 g/mol. The molecule has 14 heteroatoms. The number of rotatable bonds is 11. The minimum Gasteiger partial charge on any atom is -0.494 e. The van der Waals surface area contributed by atoms with E-state index in [1.807, 2.05) is 0 Å². The highest BCUT2D eigenvalue weighted by Crippen LogP contribution is 2.30. The molecule has 0 aliphatic carbocycles. The van der Waals surface area contributed by atoms with Crippen molar-refractivity contribution in [3.8, 4) is 11.5 Å². The van der Waals surface area contributed by atoms with Gasteiger partial charge in [-0.05, 0) is 36.4 Å². The fourth-order valence-electron chi connectivity index (χ4n) is 2.48. The molecule has 0 saturated heterocycles. The molecule has 0 aromatic heterocycles. The Morgan fingerprint density at radius 1 is 0.750 bits per heavy atom. The minimum absolute atomic E-state index is 0.0284. The van der Waals surface area contributed by atoms with E-state index in [-0.39, 0.29) is 45.8 Å². The van der Waals surface area contributed by atoms with E-state index in [1.54, 1.807) is 0 Å². The van der Waals surface area contributed by atoms with Crippen molar-refractivity contribution in [1.29, 1.82) is 0 Å². The number of benzene rings is 2. The summed E-state index contributed by atoms with van der Waals surface area (Å²) in [4.78, 5) is 27.4. The van der Waals surface area contributed by atoms with E-state index in [9.17, 15) is 26.4 Å². The molecule has 170 valence electrons. The van der Waals surface area contributed by atoms with Crippen molar-refractivity contribution in [3.63, 3.8) is 0 Å². The molecule has 0 aliphatic rings. The molecule has 2 aromatic carbocycles. The average molecular weight is 482 g/mol. The number of carbonyl (C=O) groups excluding carboxylic acids is 2. The van der Waals surface area contributed by atoms with Crippen molar-refractivity contribution >= 4 is 43.6 Å². The van der Waals surface area contributed by atoms with Crippen LogP contribution in [0.3, 0.4) is 0 Å². The van der Waals surface area contributed by atoms with Crippen LogP contribution in [0.5, 0.6) is 11.5 Å². The van der Waals surface area contributed by atoms with Crippen molar-refractivity contribution < 1.29 is 35.9 Å². The second-order valence-corrected chi connectivity index (χ2v) is 9.40. The number of aliphatic imine (C=N–C) groups is 2. The zero-order valence-corrected chi connectivity index (χ0v) is 18.5. The predicted molar refractivity (Wildman–Crippen MR) is 112 cm³/mol. The third-order valence-corrected chi connectivity index (χ3v) is 6.88. The van der Waals surface area contributed by atoms with Crippen LogP contribution < -0.4 is 18.9 Å². The van der Waals surface area contributed by atoms with Gasteiger partial charge in [0.1, 0.15) is 22.9 Å². The van der Waals surface area contributed by atoms with Crippen LogP contribution in [-0.2, 0) is 29.6 Å². The summed E-state index contributed by atoms with van der Waals surface area (Å²) < 4.78 is 64.2. The van der Waals surface area contributed by atoms with Crippen molar-refractivity contribution in [2.24, 2.45) is 9.98 Å². The van der Waals surface area contributed by atoms with Gasteiger partial charge in [-0.1, -0.05) is 0 Å². The first-order valence-electron chi connectivity index (χ1n) is 8.69. The Kier molecular flexibility index (Phi) is 8.38. The number of ether oxygens (including phenoxy) is 2. The van der Waals surface area contributed by atoms with Crippen LogP contribution in [0.4, 0.5) is 11.4 Å². The van der Waals surface area contributed by atoms with Gasteiger partial charge in [0, 0.05) is 13.1 Å². The van der Waals surface area contributed by atoms with E-state index in [0.29, 0.717) is 0 Å². The second-order valence-electron chi connectivity index (χ2n) is 5.87. The molecule has 0 atom stereocenters. The Morgan fingerprint density at radius 3 is 1.44 bits per heavy atom. The van der Waals surface area contributed by atoms with Gasteiger partial charge < -0.3 is 9.47 Å². The van der Waals surface area contributed by atoms with Gasteiger partial charge in [-0.2, -0.15) is 9.98 Å². The fourth-order valence-corrected chi connectivity index (χ4v) is 4.59. The van der Waals surface area contributed by atoms with Gasteiger partial charge in [0.15, 0.2) is 0 Å². The Bertz CT molecular complexity index is 1190. The number of nitrogens with one attached hydrogen (secondary N) is 2. The van der Waals surface area contributed by atoms with Gasteiger partial charge >= 0.3 is 0 Å². The Hall–Kier alpha value is -3.38. The fraction of sp³-hybridized carbons (Fsp3) is 0.222. The lowest BCUT2D eigenvalue weighted by atomic mass is 10.3. The van der Waals surface area contributed by atoms with E-state index >= 15 is 0 Å². The predicted octanol–water partition coefficient (Wildman–Crippen LogP) is 0.895. The zero-order chi connectivity index (χ0) is 23.8. The first-order chi connectivity index (χ1) is 15.2. The molecule has 0 fully saturated rings. The molecule has 12 nitrogen and oxygen atoms in total. The summed E-state index contributed by atoms with van der Waals surface area (Å²) in [7, 11) is -5.42. The van der Waals surface area contributed by atoms with Gasteiger partial charge in [-0.15, -0.1) is 0 Å². The van der Waals surface area contributed by atoms with Gasteiger partial charge in [0.2, 0.25) is 32.2 Å². The molecule has 0 saturated carbocycles. The van der Waals surface area contributed by atoms with Crippen LogP contribution >= 0.6 is 0 Å². The molecular formula is C18H18N4O8S2. The van der Waals surface area contributed by atoms with Crippen LogP contribution in [0, 0.1) is 0 Å². The Labute approximate surface area is 184 Å².